The van der Waals surface area contributed by atoms with Gasteiger partial charge in [-0.1, -0.05) is 0 Å². The van der Waals surface area contributed by atoms with Crippen LogP contribution >= 0.6 is 0 Å². The van der Waals surface area contributed by atoms with Crippen LogP contribution in [-0.4, -0.2) is 52.1 Å². The Morgan fingerprint density at radius 3 is 2.40 bits per heavy atom. The fourth-order valence-corrected chi connectivity index (χ4v) is 4.30. The molecule has 3 aliphatic rings. The number of piperidine rings is 1. The number of amides is 2. The quantitative estimate of drug-likeness (QED) is 0.816. The van der Waals surface area contributed by atoms with Crippen LogP contribution in [-0.2, 0) is 16.6 Å². The molecular weight excluding hydrogens is 330 g/mol. The van der Waals surface area contributed by atoms with Crippen LogP contribution in [0.4, 0.5) is 14.6 Å². The molecule has 0 bridgehead atoms. The minimum absolute atomic E-state index is 0.0773. The molecule has 0 atom stereocenters. The summed E-state index contributed by atoms with van der Waals surface area (Å²) in [6.07, 6.45) is 3.10. The van der Waals surface area contributed by atoms with Crippen LogP contribution in [0.25, 0.3) is 0 Å². The minimum atomic E-state index is -2.68. The van der Waals surface area contributed by atoms with Crippen molar-refractivity contribution in [3.8, 4) is 0 Å². The van der Waals surface area contributed by atoms with Crippen LogP contribution in [0.2, 0.25) is 0 Å². The van der Waals surface area contributed by atoms with E-state index in [1.807, 2.05) is 19.3 Å². The lowest BCUT2D eigenvalue weighted by Gasteiger charge is -2.42. The van der Waals surface area contributed by atoms with Crippen molar-refractivity contribution in [3.63, 3.8) is 0 Å². The van der Waals surface area contributed by atoms with Gasteiger partial charge in [0, 0.05) is 57.7 Å². The lowest BCUT2D eigenvalue weighted by atomic mass is 9.75. The van der Waals surface area contributed by atoms with Gasteiger partial charge in [-0.05, 0) is 19.3 Å². The molecule has 0 unspecified atom stereocenters. The summed E-state index contributed by atoms with van der Waals surface area (Å²) in [6, 6.07) is 1.83. The molecule has 3 heterocycles. The topological polar surface area (TPSA) is 58.4 Å². The van der Waals surface area contributed by atoms with Crippen molar-refractivity contribution in [1.29, 1.82) is 0 Å². The number of nitrogens with zero attached hydrogens (tertiary/aromatic N) is 4. The third-order valence-corrected chi connectivity index (χ3v) is 5.96. The second kappa shape index (κ2) is 5.51. The van der Waals surface area contributed by atoms with E-state index in [1.54, 1.807) is 14.5 Å². The molecule has 2 saturated heterocycles. The number of carbonyl (C=O) groups is 2. The van der Waals surface area contributed by atoms with E-state index >= 15 is 0 Å². The summed E-state index contributed by atoms with van der Waals surface area (Å²) in [5.41, 5.74) is -0.433. The Balaban J connectivity index is 1.38. The highest BCUT2D eigenvalue weighted by Crippen LogP contribution is 2.46. The number of aryl methyl sites for hydroxylation is 1. The summed E-state index contributed by atoms with van der Waals surface area (Å²) in [7, 11) is 1.81. The molecule has 3 fully saturated rings. The summed E-state index contributed by atoms with van der Waals surface area (Å²) in [5, 5.41) is 4.31. The summed E-state index contributed by atoms with van der Waals surface area (Å²) in [5.74, 6) is -2.66. The predicted octanol–water partition coefficient (Wildman–Crippen LogP) is 1.81. The highest BCUT2D eigenvalue weighted by Gasteiger charge is 2.53. The van der Waals surface area contributed by atoms with Crippen molar-refractivity contribution in [2.24, 2.45) is 18.4 Å². The highest BCUT2D eigenvalue weighted by atomic mass is 19.3. The summed E-state index contributed by atoms with van der Waals surface area (Å²) >= 11 is 0. The number of alkyl halides is 2. The molecule has 0 radical (unpaired) electrons. The molecule has 25 heavy (non-hydrogen) atoms. The van der Waals surface area contributed by atoms with E-state index in [0.29, 0.717) is 38.3 Å². The zero-order valence-electron chi connectivity index (χ0n) is 14.3. The van der Waals surface area contributed by atoms with Crippen molar-refractivity contribution in [3.05, 3.63) is 12.3 Å². The second-order valence-corrected chi connectivity index (χ2v) is 7.62. The molecule has 1 saturated carbocycles. The van der Waals surface area contributed by atoms with Gasteiger partial charge in [0.15, 0.2) is 5.82 Å². The molecule has 4 rings (SSSR count). The zero-order valence-corrected chi connectivity index (χ0v) is 14.3. The Kier molecular flexibility index (Phi) is 3.63. The second-order valence-electron chi connectivity index (χ2n) is 7.62. The first kappa shape index (κ1) is 16.5. The number of hydrogen-bond acceptors (Lipinski definition) is 3. The van der Waals surface area contributed by atoms with Gasteiger partial charge >= 0.3 is 0 Å². The van der Waals surface area contributed by atoms with E-state index in [2.05, 4.69) is 5.10 Å². The van der Waals surface area contributed by atoms with Gasteiger partial charge in [-0.25, -0.2) is 8.78 Å². The molecular formula is C17H22F2N4O2. The standard InChI is InChI=1S/C17H22F2N4O2/c1-21-6-2-13(20-21)23-9-5-16(15(23)25)3-7-22(8-4-16)14(24)12-10-17(18,19)11-12/h2,6,12H,3-5,7-11H2,1H3. The molecule has 6 nitrogen and oxygen atoms in total. The molecule has 0 aromatic carbocycles. The van der Waals surface area contributed by atoms with Crippen molar-refractivity contribution in [1.82, 2.24) is 14.7 Å². The highest BCUT2D eigenvalue weighted by molar-refractivity contribution is 5.99. The largest absolute Gasteiger partial charge is 0.342 e. The lowest BCUT2D eigenvalue weighted by Crippen LogP contribution is -2.51. The van der Waals surface area contributed by atoms with Crippen molar-refractivity contribution in [2.45, 2.75) is 38.0 Å². The maximum absolute atomic E-state index is 13.0. The summed E-state index contributed by atoms with van der Waals surface area (Å²) < 4.78 is 27.6. The van der Waals surface area contributed by atoms with E-state index in [0.717, 1.165) is 6.42 Å². The van der Waals surface area contributed by atoms with E-state index < -0.39 is 17.3 Å². The summed E-state index contributed by atoms with van der Waals surface area (Å²) in [6.45, 7) is 1.59. The third kappa shape index (κ3) is 2.71. The number of aromatic nitrogens is 2. The van der Waals surface area contributed by atoms with Gasteiger partial charge in [0.2, 0.25) is 17.7 Å². The van der Waals surface area contributed by atoms with Crippen LogP contribution < -0.4 is 4.90 Å². The van der Waals surface area contributed by atoms with E-state index in [1.165, 1.54) is 0 Å². The fraction of sp³-hybridized carbons (Fsp3) is 0.706. The van der Waals surface area contributed by atoms with Crippen LogP contribution in [0.1, 0.15) is 32.1 Å². The first-order valence-electron chi connectivity index (χ1n) is 8.78. The molecule has 136 valence electrons. The molecule has 2 aliphatic heterocycles. The average molecular weight is 352 g/mol. The van der Waals surface area contributed by atoms with Gasteiger partial charge < -0.3 is 4.90 Å². The first-order valence-corrected chi connectivity index (χ1v) is 8.78. The van der Waals surface area contributed by atoms with E-state index in [9.17, 15) is 18.4 Å². The van der Waals surface area contributed by atoms with Gasteiger partial charge in [-0.3, -0.25) is 19.2 Å². The van der Waals surface area contributed by atoms with Gasteiger partial charge in [0.05, 0.1) is 5.41 Å². The SMILES string of the molecule is Cn1ccc(N2CCC3(CCN(C(=O)C4CC(F)(F)C4)CC3)C2=O)n1. The van der Waals surface area contributed by atoms with Gasteiger partial charge in [0.25, 0.3) is 0 Å². The molecule has 1 spiro atoms. The van der Waals surface area contributed by atoms with Crippen LogP contribution in [0, 0.1) is 11.3 Å². The van der Waals surface area contributed by atoms with Crippen LogP contribution in [0.5, 0.6) is 0 Å². The van der Waals surface area contributed by atoms with E-state index in [-0.39, 0.29) is 24.7 Å². The Bertz CT molecular complexity index is 701. The number of likely N-dealkylation sites (tertiary alicyclic amines) is 1. The van der Waals surface area contributed by atoms with E-state index in [4.69, 9.17) is 0 Å². The Labute approximate surface area is 144 Å². The van der Waals surface area contributed by atoms with Crippen LogP contribution in [0.15, 0.2) is 12.3 Å². The molecule has 8 heteroatoms. The zero-order chi connectivity index (χ0) is 17.8. The van der Waals surface area contributed by atoms with Crippen molar-refractivity contribution < 1.29 is 18.4 Å². The molecule has 2 amide bonds. The molecule has 0 N–H and O–H groups in total. The minimum Gasteiger partial charge on any atom is -0.342 e. The number of rotatable bonds is 2. The summed E-state index contributed by atoms with van der Waals surface area (Å²) in [4.78, 5) is 28.6. The number of halogens is 2. The lowest BCUT2D eigenvalue weighted by molar-refractivity contribution is -0.162. The maximum atomic E-state index is 13.0. The average Bonchev–Trinajstić information content (AvgIpc) is 3.10. The van der Waals surface area contributed by atoms with Gasteiger partial charge in [-0.15, -0.1) is 0 Å². The van der Waals surface area contributed by atoms with Gasteiger partial charge in [-0.2, -0.15) is 5.10 Å². The van der Waals surface area contributed by atoms with Crippen LogP contribution in [0.3, 0.4) is 0 Å². The fourth-order valence-electron chi connectivity index (χ4n) is 4.30. The predicted molar refractivity (Wildman–Crippen MR) is 86.1 cm³/mol. The third-order valence-electron chi connectivity index (χ3n) is 5.96. The molecule has 1 aliphatic carbocycles. The monoisotopic (exact) mass is 352 g/mol. The normalized spacial score (nSPS) is 25.5. The Hall–Kier alpha value is -1.99. The number of hydrogen-bond donors (Lipinski definition) is 0. The first-order chi connectivity index (χ1) is 11.8. The van der Waals surface area contributed by atoms with Gasteiger partial charge in [0.1, 0.15) is 0 Å². The van der Waals surface area contributed by atoms with Crippen molar-refractivity contribution >= 4 is 17.6 Å². The maximum Gasteiger partial charge on any atom is 0.249 e. The smallest absolute Gasteiger partial charge is 0.249 e. The van der Waals surface area contributed by atoms with Crippen molar-refractivity contribution in [2.75, 3.05) is 24.5 Å². The molecule has 1 aromatic heterocycles. The number of anilines is 1. The number of carbonyl (C=O) groups excluding carboxylic acids is 2. The Morgan fingerprint density at radius 2 is 1.84 bits per heavy atom. The Morgan fingerprint density at radius 1 is 1.20 bits per heavy atom. The molecule has 1 aromatic rings.